The molecule has 0 aromatic heterocycles. The number of carbonyl (C=O) groups is 1. The van der Waals surface area contributed by atoms with Crippen LogP contribution in [0.3, 0.4) is 0 Å². The summed E-state index contributed by atoms with van der Waals surface area (Å²) in [6.07, 6.45) is 5.58. The molecule has 1 N–H and O–H groups in total. The van der Waals surface area contributed by atoms with Crippen LogP contribution in [0.15, 0.2) is 34.4 Å². The van der Waals surface area contributed by atoms with Gasteiger partial charge in [-0.3, -0.25) is 4.79 Å². The summed E-state index contributed by atoms with van der Waals surface area (Å²) < 4.78 is 0. The molecule has 0 aromatic carbocycles. The Morgan fingerprint density at radius 2 is 2.12 bits per heavy atom. The molecule has 0 saturated carbocycles. The van der Waals surface area contributed by atoms with E-state index in [4.69, 9.17) is 0 Å². The smallest absolute Gasteiger partial charge is 0.181 e. The van der Waals surface area contributed by atoms with Gasteiger partial charge < -0.3 is 5.11 Å². The number of hydrogen-bond donors (Lipinski definition) is 1. The molecule has 1 atom stereocenters. The van der Waals surface area contributed by atoms with E-state index < -0.39 is 6.10 Å². The topological polar surface area (TPSA) is 37.3 Å². The molecule has 0 fully saturated rings. The van der Waals surface area contributed by atoms with Crippen LogP contribution in [0.2, 0.25) is 0 Å². The van der Waals surface area contributed by atoms with Gasteiger partial charge in [-0.1, -0.05) is 17.2 Å². The zero-order chi connectivity index (χ0) is 13.0. The minimum absolute atomic E-state index is 0.0718. The van der Waals surface area contributed by atoms with Gasteiger partial charge >= 0.3 is 0 Å². The van der Waals surface area contributed by atoms with E-state index in [0.717, 1.165) is 29.6 Å². The average molecular weight is 234 g/mol. The molecule has 0 spiro atoms. The molecule has 0 amide bonds. The summed E-state index contributed by atoms with van der Waals surface area (Å²) in [6.45, 7) is 7.94. The first-order chi connectivity index (χ1) is 7.91. The van der Waals surface area contributed by atoms with Crippen molar-refractivity contribution in [3.8, 4) is 0 Å². The number of aliphatic hydroxyl groups excluding tert-OH is 1. The van der Waals surface area contributed by atoms with Crippen molar-refractivity contribution in [3.05, 3.63) is 34.4 Å². The molecule has 0 aliphatic heterocycles. The highest BCUT2D eigenvalue weighted by Crippen LogP contribution is 2.25. The molecular weight excluding hydrogens is 212 g/mol. The largest absolute Gasteiger partial charge is 0.388 e. The van der Waals surface area contributed by atoms with Crippen molar-refractivity contribution in [3.63, 3.8) is 0 Å². The maximum Gasteiger partial charge on any atom is 0.181 e. The summed E-state index contributed by atoms with van der Waals surface area (Å²) in [5, 5.41) is 9.76. The minimum Gasteiger partial charge on any atom is -0.388 e. The van der Waals surface area contributed by atoms with Crippen LogP contribution in [0.4, 0.5) is 0 Å². The van der Waals surface area contributed by atoms with Crippen LogP contribution >= 0.6 is 0 Å². The maximum atomic E-state index is 11.8. The van der Waals surface area contributed by atoms with Gasteiger partial charge in [0.25, 0.3) is 0 Å². The normalized spacial score (nSPS) is 23.2. The van der Waals surface area contributed by atoms with E-state index in [2.05, 4.69) is 19.9 Å². The summed E-state index contributed by atoms with van der Waals surface area (Å²) >= 11 is 0. The van der Waals surface area contributed by atoms with Crippen molar-refractivity contribution in [2.24, 2.45) is 0 Å². The Bertz CT molecular complexity index is 393. The van der Waals surface area contributed by atoms with Crippen molar-refractivity contribution in [1.29, 1.82) is 0 Å². The monoisotopic (exact) mass is 234 g/mol. The number of aliphatic hydroxyl groups is 1. The predicted octanol–water partition coefficient (Wildman–Crippen LogP) is 3.33. The lowest BCUT2D eigenvalue weighted by molar-refractivity contribution is -0.112. The molecule has 2 heteroatoms. The highest BCUT2D eigenvalue weighted by atomic mass is 16.3. The zero-order valence-electron chi connectivity index (χ0n) is 11.2. The van der Waals surface area contributed by atoms with Gasteiger partial charge in [-0.05, 0) is 52.2 Å². The quantitative estimate of drug-likeness (QED) is 0.600. The standard InChI is InChI=1S/C15H22O2/c1-10(2)6-5-7-11(3)13-9-14(16)12(4)8-15(13)17/h6,8,14,16H,5,7,9H2,1-4H3/t14-/m0/s1. The molecule has 0 aromatic rings. The van der Waals surface area contributed by atoms with Crippen molar-refractivity contribution in [2.45, 2.75) is 53.1 Å². The lowest BCUT2D eigenvalue weighted by atomic mass is 9.88. The Balaban J connectivity index is 2.77. The molecule has 1 rings (SSSR count). The van der Waals surface area contributed by atoms with Gasteiger partial charge in [0.15, 0.2) is 5.78 Å². The fourth-order valence-corrected chi connectivity index (χ4v) is 1.96. The van der Waals surface area contributed by atoms with Gasteiger partial charge in [-0.15, -0.1) is 0 Å². The minimum atomic E-state index is -0.485. The third-order valence-corrected chi connectivity index (χ3v) is 3.17. The summed E-state index contributed by atoms with van der Waals surface area (Å²) in [5.74, 6) is 0.0718. The van der Waals surface area contributed by atoms with Crippen LogP contribution in [0.5, 0.6) is 0 Å². The number of rotatable bonds is 3. The molecule has 0 radical (unpaired) electrons. The molecular formula is C15H22O2. The molecule has 0 unspecified atom stereocenters. The fraction of sp³-hybridized carbons (Fsp3) is 0.533. The first-order valence-electron chi connectivity index (χ1n) is 6.14. The molecule has 2 nitrogen and oxygen atoms in total. The Kier molecular flexibility index (Phi) is 4.88. The highest BCUT2D eigenvalue weighted by Gasteiger charge is 2.22. The summed E-state index contributed by atoms with van der Waals surface area (Å²) in [6, 6.07) is 0. The SMILES string of the molecule is CC(C)=CCCC(C)=C1C[C@H](O)C(C)=CC1=O. The van der Waals surface area contributed by atoms with Gasteiger partial charge in [-0.2, -0.15) is 0 Å². The van der Waals surface area contributed by atoms with E-state index in [-0.39, 0.29) is 5.78 Å². The third-order valence-electron chi connectivity index (χ3n) is 3.17. The second-order valence-corrected chi connectivity index (χ2v) is 5.05. The van der Waals surface area contributed by atoms with Crippen LogP contribution in [0.1, 0.15) is 47.0 Å². The van der Waals surface area contributed by atoms with Crippen LogP contribution in [0, 0.1) is 0 Å². The van der Waals surface area contributed by atoms with Crippen LogP contribution in [-0.4, -0.2) is 17.0 Å². The van der Waals surface area contributed by atoms with Crippen LogP contribution in [-0.2, 0) is 4.79 Å². The second-order valence-electron chi connectivity index (χ2n) is 5.05. The van der Waals surface area contributed by atoms with Gasteiger partial charge in [0, 0.05) is 12.0 Å². The Labute approximate surface area is 104 Å². The first kappa shape index (κ1) is 13.9. The van der Waals surface area contributed by atoms with Crippen molar-refractivity contribution < 1.29 is 9.90 Å². The second kappa shape index (κ2) is 5.97. The van der Waals surface area contributed by atoms with Gasteiger partial charge in [0.1, 0.15) is 0 Å². The molecule has 0 bridgehead atoms. The van der Waals surface area contributed by atoms with E-state index in [1.807, 2.05) is 6.92 Å². The predicted molar refractivity (Wildman–Crippen MR) is 70.8 cm³/mol. The van der Waals surface area contributed by atoms with Crippen molar-refractivity contribution in [1.82, 2.24) is 0 Å². The third kappa shape index (κ3) is 3.97. The maximum absolute atomic E-state index is 11.8. The Morgan fingerprint density at radius 1 is 1.47 bits per heavy atom. The highest BCUT2D eigenvalue weighted by molar-refractivity contribution is 6.06. The average Bonchev–Trinajstić information content (AvgIpc) is 2.22. The molecule has 0 heterocycles. The number of allylic oxidation sites excluding steroid dienone is 4. The number of ketones is 1. The summed E-state index contributed by atoms with van der Waals surface area (Å²) in [7, 11) is 0. The van der Waals surface area contributed by atoms with Crippen molar-refractivity contribution >= 4 is 5.78 Å². The molecule has 0 saturated heterocycles. The Morgan fingerprint density at radius 3 is 2.71 bits per heavy atom. The van der Waals surface area contributed by atoms with Gasteiger partial charge in [0.2, 0.25) is 0 Å². The van der Waals surface area contributed by atoms with E-state index in [0.29, 0.717) is 6.42 Å². The van der Waals surface area contributed by atoms with E-state index in [1.165, 1.54) is 5.57 Å². The summed E-state index contributed by atoms with van der Waals surface area (Å²) in [5.41, 5.74) is 3.98. The van der Waals surface area contributed by atoms with Crippen LogP contribution in [0.25, 0.3) is 0 Å². The molecule has 1 aliphatic carbocycles. The number of hydrogen-bond acceptors (Lipinski definition) is 2. The van der Waals surface area contributed by atoms with E-state index >= 15 is 0 Å². The van der Waals surface area contributed by atoms with E-state index in [9.17, 15) is 9.90 Å². The Hall–Kier alpha value is -1.15. The summed E-state index contributed by atoms with van der Waals surface area (Å²) in [4.78, 5) is 11.8. The lowest BCUT2D eigenvalue weighted by Crippen LogP contribution is -2.20. The number of carbonyl (C=O) groups excluding carboxylic acids is 1. The van der Waals surface area contributed by atoms with E-state index in [1.54, 1.807) is 13.0 Å². The zero-order valence-corrected chi connectivity index (χ0v) is 11.2. The van der Waals surface area contributed by atoms with Crippen LogP contribution < -0.4 is 0 Å². The molecule has 94 valence electrons. The van der Waals surface area contributed by atoms with Crippen molar-refractivity contribution in [2.75, 3.05) is 0 Å². The van der Waals surface area contributed by atoms with Gasteiger partial charge in [-0.25, -0.2) is 0 Å². The molecule has 1 aliphatic rings. The van der Waals surface area contributed by atoms with Gasteiger partial charge in [0.05, 0.1) is 6.10 Å². The fourth-order valence-electron chi connectivity index (χ4n) is 1.96. The lowest BCUT2D eigenvalue weighted by Gasteiger charge is -2.20. The molecule has 17 heavy (non-hydrogen) atoms. The first-order valence-corrected chi connectivity index (χ1v) is 6.14.